The zero-order valence-electron chi connectivity index (χ0n) is 19.7. The summed E-state index contributed by atoms with van der Waals surface area (Å²) in [5, 5.41) is 0.205. The third-order valence-corrected chi connectivity index (χ3v) is 7.96. The fraction of sp³-hybridized carbons (Fsp3) is 0.259. The lowest BCUT2D eigenvalue weighted by Gasteiger charge is -2.26. The molecule has 0 fully saturated rings. The fourth-order valence-electron chi connectivity index (χ4n) is 4.96. The average molecular weight is 522 g/mol. The van der Waals surface area contributed by atoms with E-state index in [1.54, 1.807) is 54.1 Å². The minimum Gasteiger partial charge on any atom is -0.496 e. The van der Waals surface area contributed by atoms with Gasteiger partial charge in [0.25, 0.3) is 0 Å². The molecule has 5 rings (SSSR count). The van der Waals surface area contributed by atoms with Crippen LogP contribution in [0, 0.1) is 13.8 Å². The van der Waals surface area contributed by atoms with Crippen molar-refractivity contribution in [2.75, 3.05) is 7.11 Å². The van der Waals surface area contributed by atoms with Crippen LogP contribution < -0.4 is 4.74 Å². The van der Waals surface area contributed by atoms with E-state index in [-0.39, 0.29) is 27.1 Å². The maximum atomic E-state index is 15.5. The second-order valence-corrected chi connectivity index (χ2v) is 10.0. The van der Waals surface area contributed by atoms with Crippen LogP contribution in [0.2, 0.25) is 0 Å². The standard InChI is InChI=1S/C27H21F6NOS/c1-14-22(16-9-5-7-11-19(16)34(14)3)24-23(25(28,29)27(32,33)26(24,30)31)18-13-21(36-15(18)2)17-10-6-8-12-20(17)35-4/h5-13H,1-4H3. The van der Waals surface area contributed by atoms with E-state index in [9.17, 15) is 8.78 Å². The normalized spacial score (nSPS) is 18.3. The van der Waals surface area contributed by atoms with Gasteiger partial charge in [-0.25, -0.2) is 0 Å². The SMILES string of the molecule is COc1ccccc1-c1cc(C2=C(c3c(C)n(C)c4ccccc34)C(F)(F)C(F)(F)C2(F)F)c(C)s1. The number of allylic oxidation sites excluding steroid dienone is 2. The molecule has 36 heavy (non-hydrogen) atoms. The van der Waals surface area contributed by atoms with Gasteiger partial charge in [-0.2, -0.15) is 26.3 Å². The highest BCUT2D eigenvalue weighted by atomic mass is 32.1. The maximum absolute atomic E-state index is 15.5. The van der Waals surface area contributed by atoms with Gasteiger partial charge in [-0.15, -0.1) is 11.3 Å². The van der Waals surface area contributed by atoms with E-state index in [0.717, 1.165) is 11.3 Å². The van der Waals surface area contributed by atoms with Crippen LogP contribution in [-0.2, 0) is 7.05 Å². The summed E-state index contributed by atoms with van der Waals surface area (Å²) in [4.78, 5) is 0.658. The molecular formula is C27H21F6NOS. The van der Waals surface area contributed by atoms with Crippen LogP contribution in [0.15, 0.2) is 54.6 Å². The summed E-state index contributed by atoms with van der Waals surface area (Å²) in [7, 11) is 3.02. The van der Waals surface area contributed by atoms with Crippen molar-refractivity contribution < 1.29 is 31.1 Å². The summed E-state index contributed by atoms with van der Waals surface area (Å²) in [6, 6.07) is 14.4. The molecule has 0 spiro atoms. The number of benzene rings is 2. The first-order valence-electron chi connectivity index (χ1n) is 11.0. The number of aromatic nitrogens is 1. The molecule has 2 heterocycles. The predicted molar refractivity (Wildman–Crippen MR) is 130 cm³/mol. The summed E-state index contributed by atoms with van der Waals surface area (Å²) in [6.45, 7) is 2.93. The van der Waals surface area contributed by atoms with Gasteiger partial charge in [0, 0.05) is 55.7 Å². The van der Waals surface area contributed by atoms with E-state index < -0.39 is 28.9 Å². The third kappa shape index (κ3) is 3.04. The molecule has 0 aliphatic heterocycles. The zero-order chi connectivity index (χ0) is 26.2. The number of hydrogen-bond acceptors (Lipinski definition) is 2. The van der Waals surface area contributed by atoms with Gasteiger partial charge in [-0.3, -0.25) is 0 Å². The van der Waals surface area contributed by atoms with Crippen molar-refractivity contribution in [3.05, 3.63) is 76.3 Å². The minimum atomic E-state index is -5.62. The van der Waals surface area contributed by atoms with E-state index in [4.69, 9.17) is 4.74 Å². The van der Waals surface area contributed by atoms with Gasteiger partial charge in [0.1, 0.15) is 5.75 Å². The number of alkyl halides is 6. The Morgan fingerprint density at radius 3 is 2.11 bits per heavy atom. The van der Waals surface area contributed by atoms with E-state index in [0.29, 0.717) is 21.7 Å². The first-order chi connectivity index (χ1) is 16.9. The zero-order valence-corrected chi connectivity index (χ0v) is 20.5. The van der Waals surface area contributed by atoms with E-state index >= 15 is 17.6 Å². The Balaban J connectivity index is 1.89. The number of para-hydroxylation sites is 2. The van der Waals surface area contributed by atoms with Crippen LogP contribution in [0.5, 0.6) is 5.75 Å². The summed E-state index contributed by atoms with van der Waals surface area (Å²) in [5.41, 5.74) is -2.09. The molecule has 188 valence electrons. The number of methoxy groups -OCH3 is 1. The van der Waals surface area contributed by atoms with Crippen molar-refractivity contribution in [2.45, 2.75) is 31.6 Å². The lowest BCUT2D eigenvalue weighted by Crippen LogP contribution is -2.48. The molecule has 0 amide bonds. The van der Waals surface area contributed by atoms with Crippen LogP contribution in [0.4, 0.5) is 26.3 Å². The molecule has 2 nitrogen and oxygen atoms in total. The quantitative estimate of drug-likeness (QED) is 0.246. The molecule has 0 radical (unpaired) electrons. The smallest absolute Gasteiger partial charge is 0.380 e. The summed E-state index contributed by atoms with van der Waals surface area (Å²) >= 11 is 1.05. The number of fused-ring (bicyclic) bond motifs is 1. The van der Waals surface area contributed by atoms with Crippen molar-refractivity contribution in [3.8, 4) is 16.2 Å². The Labute approximate surface area is 207 Å². The van der Waals surface area contributed by atoms with Crippen LogP contribution in [0.1, 0.15) is 21.7 Å². The molecule has 0 N–H and O–H groups in total. The molecule has 9 heteroatoms. The van der Waals surface area contributed by atoms with Gasteiger partial charge in [0.05, 0.1) is 7.11 Å². The Morgan fingerprint density at radius 1 is 0.806 bits per heavy atom. The number of hydrogen-bond donors (Lipinski definition) is 0. The molecule has 2 aromatic carbocycles. The highest BCUT2D eigenvalue weighted by Gasteiger charge is 2.80. The van der Waals surface area contributed by atoms with Crippen molar-refractivity contribution in [1.82, 2.24) is 4.57 Å². The molecule has 2 aromatic heterocycles. The van der Waals surface area contributed by atoms with Gasteiger partial charge in [0.2, 0.25) is 0 Å². The largest absolute Gasteiger partial charge is 0.496 e. The van der Waals surface area contributed by atoms with E-state index in [1.807, 2.05) is 0 Å². The minimum absolute atomic E-state index is 0.190. The van der Waals surface area contributed by atoms with Gasteiger partial charge >= 0.3 is 17.8 Å². The van der Waals surface area contributed by atoms with E-state index in [1.165, 1.54) is 33.1 Å². The van der Waals surface area contributed by atoms with Crippen LogP contribution in [0.3, 0.4) is 0 Å². The Kier molecular flexibility index (Phi) is 5.37. The van der Waals surface area contributed by atoms with E-state index in [2.05, 4.69) is 0 Å². The van der Waals surface area contributed by atoms with Gasteiger partial charge in [0.15, 0.2) is 0 Å². The molecule has 0 saturated heterocycles. The van der Waals surface area contributed by atoms with Crippen molar-refractivity contribution in [2.24, 2.45) is 7.05 Å². The molecule has 0 bridgehead atoms. The Bertz CT molecular complexity index is 1550. The molecule has 0 unspecified atom stereocenters. The molecule has 0 atom stereocenters. The van der Waals surface area contributed by atoms with Crippen LogP contribution >= 0.6 is 11.3 Å². The fourth-order valence-corrected chi connectivity index (χ4v) is 6.01. The topological polar surface area (TPSA) is 14.2 Å². The van der Waals surface area contributed by atoms with Gasteiger partial charge < -0.3 is 9.30 Å². The van der Waals surface area contributed by atoms with Crippen LogP contribution in [-0.4, -0.2) is 29.4 Å². The lowest BCUT2D eigenvalue weighted by molar-refractivity contribution is -0.254. The molecule has 1 aliphatic rings. The number of rotatable bonds is 4. The third-order valence-electron chi connectivity index (χ3n) is 6.88. The van der Waals surface area contributed by atoms with Gasteiger partial charge in [-0.05, 0) is 43.7 Å². The number of nitrogens with zero attached hydrogens (tertiary/aromatic N) is 1. The lowest BCUT2D eigenvalue weighted by atomic mass is 9.93. The number of ether oxygens (including phenoxy) is 1. The molecule has 1 aliphatic carbocycles. The Hall–Kier alpha value is -3.20. The number of halogens is 6. The monoisotopic (exact) mass is 521 g/mol. The summed E-state index contributed by atoms with van der Waals surface area (Å²) in [5.74, 6) is -15.4. The van der Waals surface area contributed by atoms with Crippen LogP contribution in [0.25, 0.3) is 32.5 Å². The van der Waals surface area contributed by atoms with Crippen molar-refractivity contribution in [3.63, 3.8) is 0 Å². The van der Waals surface area contributed by atoms with Crippen molar-refractivity contribution >= 4 is 33.4 Å². The Morgan fingerprint density at radius 2 is 1.42 bits per heavy atom. The summed E-state index contributed by atoms with van der Waals surface area (Å²) < 4.78 is 98.6. The van der Waals surface area contributed by atoms with Gasteiger partial charge in [-0.1, -0.05) is 30.3 Å². The summed E-state index contributed by atoms with van der Waals surface area (Å²) in [6.07, 6.45) is 0. The number of thiophene rings is 1. The first kappa shape index (κ1) is 24.5. The van der Waals surface area contributed by atoms with Crippen molar-refractivity contribution in [1.29, 1.82) is 0 Å². The first-order valence-corrected chi connectivity index (χ1v) is 11.8. The number of aryl methyl sites for hydroxylation is 2. The molecular weight excluding hydrogens is 500 g/mol. The highest BCUT2D eigenvalue weighted by molar-refractivity contribution is 7.15. The molecule has 0 saturated carbocycles. The second kappa shape index (κ2) is 7.90. The predicted octanol–water partition coefficient (Wildman–Crippen LogP) is 8.36. The average Bonchev–Trinajstić information content (AvgIpc) is 3.36. The highest BCUT2D eigenvalue weighted by Crippen LogP contribution is 2.66. The maximum Gasteiger partial charge on any atom is 0.380 e. The molecule has 4 aromatic rings. The second-order valence-electron chi connectivity index (χ2n) is 8.79.